The number of anilines is 2. The molecule has 162 valence electrons. The molecule has 0 saturated carbocycles. The zero-order valence-corrected chi connectivity index (χ0v) is 18.3. The van der Waals surface area contributed by atoms with E-state index in [1.165, 1.54) is 14.0 Å². The number of para-hydroxylation sites is 1. The molecule has 3 aromatic carbocycles. The van der Waals surface area contributed by atoms with Gasteiger partial charge in [-0.2, -0.15) is 0 Å². The summed E-state index contributed by atoms with van der Waals surface area (Å²) in [6, 6.07) is 21.7. The molecule has 0 fully saturated rings. The molecule has 3 rings (SSSR count). The second-order valence-electron chi connectivity index (χ2n) is 6.87. The predicted molar refractivity (Wildman–Crippen MR) is 121 cm³/mol. The van der Waals surface area contributed by atoms with Gasteiger partial charge in [-0.25, -0.2) is 8.42 Å². The van der Waals surface area contributed by atoms with Crippen molar-refractivity contribution < 1.29 is 22.7 Å². The number of hydrogen-bond acceptors (Lipinski definition) is 5. The van der Waals surface area contributed by atoms with Gasteiger partial charge in [0.25, 0.3) is 0 Å². The third-order valence-corrected chi connectivity index (χ3v) is 5.74. The number of sulfonamides is 1. The van der Waals surface area contributed by atoms with Crippen molar-refractivity contribution in [3.63, 3.8) is 0 Å². The Morgan fingerprint density at radius 3 is 2.13 bits per heavy atom. The van der Waals surface area contributed by atoms with Crippen LogP contribution in [0.25, 0.3) is 0 Å². The lowest BCUT2D eigenvalue weighted by molar-refractivity contribution is -0.116. The van der Waals surface area contributed by atoms with Crippen LogP contribution < -0.4 is 19.1 Å². The summed E-state index contributed by atoms with van der Waals surface area (Å²) in [7, 11) is -2.23. The molecular weight excluding hydrogens is 416 g/mol. The molecular formula is C23H24N2O5S. The molecule has 0 aromatic heterocycles. The number of rotatable bonds is 8. The van der Waals surface area contributed by atoms with E-state index in [9.17, 15) is 13.2 Å². The number of carbonyl (C=O) groups is 1. The molecule has 0 saturated heterocycles. The van der Waals surface area contributed by atoms with E-state index in [-0.39, 0.29) is 0 Å². The van der Waals surface area contributed by atoms with Gasteiger partial charge in [0.05, 0.1) is 19.1 Å². The van der Waals surface area contributed by atoms with Gasteiger partial charge in [0.2, 0.25) is 15.9 Å². The van der Waals surface area contributed by atoms with Crippen molar-refractivity contribution in [2.75, 3.05) is 23.0 Å². The van der Waals surface area contributed by atoms with Gasteiger partial charge in [-0.15, -0.1) is 0 Å². The van der Waals surface area contributed by atoms with Gasteiger partial charge >= 0.3 is 0 Å². The Morgan fingerprint density at radius 1 is 0.903 bits per heavy atom. The fraction of sp³-hybridized carbons (Fsp3) is 0.174. The molecule has 8 heteroatoms. The Bertz CT molecular complexity index is 1130. The van der Waals surface area contributed by atoms with Crippen LogP contribution in [0.5, 0.6) is 17.2 Å². The number of ether oxygens (including phenoxy) is 2. The highest BCUT2D eigenvalue weighted by molar-refractivity contribution is 7.92. The number of carbonyl (C=O) groups excluding carboxylic acids is 1. The first-order valence-corrected chi connectivity index (χ1v) is 11.4. The second-order valence-corrected chi connectivity index (χ2v) is 8.72. The van der Waals surface area contributed by atoms with E-state index >= 15 is 0 Å². The van der Waals surface area contributed by atoms with Crippen LogP contribution in [0.4, 0.5) is 11.4 Å². The molecule has 0 bridgehead atoms. The first-order chi connectivity index (χ1) is 14.8. The van der Waals surface area contributed by atoms with Gasteiger partial charge in [-0.05, 0) is 55.5 Å². The van der Waals surface area contributed by atoms with Crippen LogP contribution in [0, 0.1) is 0 Å². The zero-order valence-electron chi connectivity index (χ0n) is 17.5. The van der Waals surface area contributed by atoms with E-state index in [2.05, 4.69) is 5.32 Å². The van der Waals surface area contributed by atoms with E-state index < -0.39 is 22.0 Å². The maximum absolute atomic E-state index is 12.8. The average Bonchev–Trinajstić information content (AvgIpc) is 2.75. The number of hydrogen-bond donors (Lipinski definition) is 1. The standard InChI is InChI=1S/C23H24N2O5S/c1-17(25(31(3,27)28)19-8-7-11-22(16-19)29-2)23(26)24-18-12-14-21(15-13-18)30-20-9-5-4-6-10-20/h4-17H,1-3H3,(H,24,26). The van der Waals surface area contributed by atoms with Crippen LogP contribution >= 0.6 is 0 Å². The Morgan fingerprint density at radius 2 is 1.52 bits per heavy atom. The lowest BCUT2D eigenvalue weighted by Gasteiger charge is -2.28. The maximum atomic E-state index is 12.8. The van der Waals surface area contributed by atoms with Crippen LogP contribution in [0.15, 0.2) is 78.9 Å². The van der Waals surface area contributed by atoms with E-state index in [1.807, 2.05) is 30.3 Å². The van der Waals surface area contributed by atoms with Crippen molar-refractivity contribution in [3.8, 4) is 17.2 Å². The summed E-state index contributed by atoms with van der Waals surface area (Å²) in [6.45, 7) is 1.53. The number of amides is 1. The quantitative estimate of drug-likeness (QED) is 0.565. The third kappa shape index (κ3) is 5.76. The highest BCUT2D eigenvalue weighted by atomic mass is 32.2. The van der Waals surface area contributed by atoms with Crippen molar-refractivity contribution in [3.05, 3.63) is 78.9 Å². The van der Waals surface area contributed by atoms with Crippen LogP contribution in [0.1, 0.15) is 6.92 Å². The zero-order chi connectivity index (χ0) is 22.4. The molecule has 1 N–H and O–H groups in total. The molecule has 1 atom stereocenters. The SMILES string of the molecule is COc1cccc(N(C(C)C(=O)Nc2ccc(Oc3ccccc3)cc2)S(C)(=O)=O)c1. The van der Waals surface area contributed by atoms with E-state index in [0.717, 1.165) is 10.6 Å². The Kier molecular flexibility index (Phi) is 6.81. The number of nitrogens with zero attached hydrogens (tertiary/aromatic N) is 1. The topological polar surface area (TPSA) is 84.9 Å². The fourth-order valence-electron chi connectivity index (χ4n) is 3.03. The van der Waals surface area contributed by atoms with Gasteiger partial charge in [0.1, 0.15) is 23.3 Å². The maximum Gasteiger partial charge on any atom is 0.247 e. The van der Waals surface area contributed by atoms with Crippen molar-refractivity contribution >= 4 is 27.3 Å². The number of methoxy groups -OCH3 is 1. The lowest BCUT2D eigenvalue weighted by atomic mass is 10.2. The predicted octanol–water partition coefficient (Wildman–Crippen LogP) is 4.28. The molecule has 1 unspecified atom stereocenters. The third-order valence-electron chi connectivity index (χ3n) is 4.50. The first-order valence-electron chi connectivity index (χ1n) is 9.55. The van der Waals surface area contributed by atoms with E-state index in [0.29, 0.717) is 28.6 Å². The van der Waals surface area contributed by atoms with Crippen molar-refractivity contribution in [1.29, 1.82) is 0 Å². The summed E-state index contributed by atoms with van der Waals surface area (Å²) < 4.78 is 36.9. The largest absolute Gasteiger partial charge is 0.497 e. The molecule has 0 heterocycles. The fourth-order valence-corrected chi connectivity index (χ4v) is 4.20. The van der Waals surface area contributed by atoms with Gasteiger partial charge in [-0.3, -0.25) is 9.10 Å². The van der Waals surface area contributed by atoms with Crippen molar-refractivity contribution in [2.24, 2.45) is 0 Å². The molecule has 1 amide bonds. The highest BCUT2D eigenvalue weighted by Gasteiger charge is 2.29. The minimum atomic E-state index is -3.72. The molecule has 0 spiro atoms. The summed E-state index contributed by atoms with van der Waals surface area (Å²) >= 11 is 0. The van der Waals surface area contributed by atoms with Gasteiger partial charge in [-0.1, -0.05) is 24.3 Å². The highest BCUT2D eigenvalue weighted by Crippen LogP contribution is 2.26. The Labute approximate surface area is 182 Å². The van der Waals surface area contributed by atoms with Crippen LogP contribution in [0.3, 0.4) is 0 Å². The molecule has 0 radical (unpaired) electrons. The summed E-state index contributed by atoms with van der Waals surface area (Å²) in [5.74, 6) is 1.35. The van der Waals surface area contributed by atoms with E-state index in [1.54, 1.807) is 48.5 Å². The van der Waals surface area contributed by atoms with Crippen molar-refractivity contribution in [1.82, 2.24) is 0 Å². The smallest absolute Gasteiger partial charge is 0.247 e. The average molecular weight is 441 g/mol. The minimum Gasteiger partial charge on any atom is -0.497 e. The minimum absolute atomic E-state index is 0.344. The summed E-state index contributed by atoms with van der Waals surface area (Å²) in [6.07, 6.45) is 1.06. The van der Waals surface area contributed by atoms with Crippen LogP contribution in [-0.2, 0) is 14.8 Å². The summed E-state index contributed by atoms with van der Waals surface area (Å²) in [5.41, 5.74) is 0.868. The number of nitrogens with one attached hydrogen (secondary N) is 1. The summed E-state index contributed by atoms with van der Waals surface area (Å²) in [5, 5.41) is 2.75. The second kappa shape index (κ2) is 9.53. The van der Waals surface area contributed by atoms with E-state index in [4.69, 9.17) is 9.47 Å². The molecule has 0 aliphatic heterocycles. The van der Waals surface area contributed by atoms with Gasteiger partial charge < -0.3 is 14.8 Å². The van der Waals surface area contributed by atoms with Crippen LogP contribution in [0.2, 0.25) is 0 Å². The Hall–Kier alpha value is -3.52. The molecule has 0 aliphatic rings. The molecule has 0 aliphatic carbocycles. The summed E-state index contributed by atoms with van der Waals surface area (Å²) in [4.78, 5) is 12.8. The normalized spacial score (nSPS) is 12.0. The van der Waals surface area contributed by atoms with Gasteiger partial charge in [0, 0.05) is 11.8 Å². The van der Waals surface area contributed by atoms with Crippen LogP contribution in [-0.4, -0.2) is 33.7 Å². The Balaban J connectivity index is 1.74. The molecule has 31 heavy (non-hydrogen) atoms. The lowest BCUT2D eigenvalue weighted by Crippen LogP contribution is -2.45. The monoisotopic (exact) mass is 440 g/mol. The number of benzene rings is 3. The van der Waals surface area contributed by atoms with Gasteiger partial charge in [0.15, 0.2) is 0 Å². The molecule has 3 aromatic rings. The first kappa shape index (κ1) is 22.2. The van der Waals surface area contributed by atoms with Crippen molar-refractivity contribution in [2.45, 2.75) is 13.0 Å². The molecule has 7 nitrogen and oxygen atoms in total.